The number of rotatable bonds is 2. The van der Waals surface area contributed by atoms with Crippen molar-refractivity contribution >= 4 is 28.2 Å². The summed E-state index contributed by atoms with van der Waals surface area (Å²) in [5.74, 6) is 0.101. The molecule has 9 heteroatoms. The molecule has 138 valence electrons. The molecule has 0 unspecified atom stereocenters. The van der Waals surface area contributed by atoms with Crippen LogP contribution in [0.2, 0.25) is 5.02 Å². The van der Waals surface area contributed by atoms with Crippen LogP contribution in [-0.4, -0.2) is 19.5 Å². The highest BCUT2D eigenvalue weighted by Gasteiger charge is 2.24. The second-order valence-electron chi connectivity index (χ2n) is 6.23. The van der Waals surface area contributed by atoms with E-state index in [-0.39, 0.29) is 17.5 Å². The van der Waals surface area contributed by atoms with Gasteiger partial charge >= 0.3 is 0 Å². The van der Waals surface area contributed by atoms with Crippen LogP contribution in [0, 0.1) is 17.9 Å². The molecule has 3 aromatic heterocycles. The first-order valence-electron chi connectivity index (χ1n) is 8.32. The first-order chi connectivity index (χ1) is 13.5. The average molecular weight is 396 g/mol. The molecule has 0 N–H and O–H groups in total. The normalized spacial score (nSPS) is 11.5. The van der Waals surface area contributed by atoms with Crippen molar-refractivity contribution in [1.82, 2.24) is 19.5 Å². The number of aromatic nitrogens is 5. The summed E-state index contributed by atoms with van der Waals surface area (Å²) in [5.41, 5.74) is 2.91. The number of imidazole rings is 1. The summed E-state index contributed by atoms with van der Waals surface area (Å²) in [6, 6.07) is 10.9. The van der Waals surface area contributed by atoms with Gasteiger partial charge in [0, 0.05) is 12.5 Å². The molecule has 0 saturated heterocycles. The standard InChI is InChI=1S/C19H11ClFN5O2/c1-10-16-15(18-23-19(28-24-18)11-5-7-12(21)8-6-11)22-9-25(16)14-4-2-3-13(20)17(14)26(10)27/h2-9H,1H3. The second kappa shape index (κ2) is 6.00. The largest absolute Gasteiger partial charge is 0.618 e. The van der Waals surface area contributed by atoms with Gasteiger partial charge in [0.2, 0.25) is 11.5 Å². The van der Waals surface area contributed by atoms with Crippen molar-refractivity contribution in [2.45, 2.75) is 6.92 Å². The smallest absolute Gasteiger partial charge is 0.259 e. The molecular formula is C19H11ClFN5O2. The quantitative estimate of drug-likeness (QED) is 0.334. The second-order valence-corrected chi connectivity index (χ2v) is 6.64. The molecule has 0 aliphatic rings. The van der Waals surface area contributed by atoms with Crippen LogP contribution < -0.4 is 4.73 Å². The Hall–Kier alpha value is -3.52. The molecule has 0 aliphatic heterocycles. The lowest BCUT2D eigenvalue weighted by atomic mass is 10.2. The molecule has 0 atom stereocenters. The van der Waals surface area contributed by atoms with Gasteiger partial charge in [0.05, 0.1) is 0 Å². The van der Waals surface area contributed by atoms with E-state index in [0.717, 1.165) is 4.73 Å². The van der Waals surface area contributed by atoms with Gasteiger partial charge in [0.25, 0.3) is 11.4 Å². The van der Waals surface area contributed by atoms with E-state index in [1.54, 1.807) is 48.0 Å². The number of fused-ring (bicyclic) bond motifs is 3. The van der Waals surface area contributed by atoms with Crippen LogP contribution in [-0.2, 0) is 0 Å². The summed E-state index contributed by atoms with van der Waals surface area (Å²) in [6.07, 6.45) is 1.59. The zero-order valence-electron chi connectivity index (χ0n) is 14.4. The van der Waals surface area contributed by atoms with Crippen molar-refractivity contribution in [3.8, 4) is 23.0 Å². The predicted octanol–water partition coefficient (Wildman–Crippen LogP) is 3.94. The molecule has 5 aromatic rings. The highest BCUT2D eigenvalue weighted by atomic mass is 35.5. The monoisotopic (exact) mass is 395 g/mol. The lowest BCUT2D eigenvalue weighted by Crippen LogP contribution is -2.32. The molecule has 0 aliphatic carbocycles. The average Bonchev–Trinajstić information content (AvgIpc) is 3.34. The van der Waals surface area contributed by atoms with Crippen LogP contribution >= 0.6 is 11.6 Å². The van der Waals surface area contributed by atoms with Gasteiger partial charge in [-0.15, -0.1) is 0 Å². The number of nitrogens with zero attached hydrogens (tertiary/aromatic N) is 5. The number of para-hydroxylation sites is 1. The fourth-order valence-electron chi connectivity index (χ4n) is 3.23. The van der Waals surface area contributed by atoms with E-state index in [1.807, 2.05) is 0 Å². The van der Waals surface area contributed by atoms with Crippen LogP contribution in [0.1, 0.15) is 5.69 Å². The summed E-state index contributed by atoms with van der Waals surface area (Å²) in [4.78, 5) is 8.75. The van der Waals surface area contributed by atoms with Gasteiger partial charge in [-0.1, -0.05) is 22.8 Å². The number of benzene rings is 2. The summed E-state index contributed by atoms with van der Waals surface area (Å²) in [7, 11) is 0. The summed E-state index contributed by atoms with van der Waals surface area (Å²) in [6.45, 7) is 1.68. The van der Waals surface area contributed by atoms with Gasteiger partial charge in [0.1, 0.15) is 33.9 Å². The van der Waals surface area contributed by atoms with Crippen LogP contribution in [0.4, 0.5) is 4.39 Å². The molecule has 0 bridgehead atoms. The van der Waals surface area contributed by atoms with E-state index >= 15 is 0 Å². The number of halogens is 2. The van der Waals surface area contributed by atoms with Gasteiger partial charge in [-0.25, -0.2) is 9.37 Å². The maximum atomic E-state index is 13.1. The van der Waals surface area contributed by atoms with Crippen LogP contribution in [0.25, 0.3) is 39.5 Å². The third kappa shape index (κ3) is 2.35. The molecule has 0 radical (unpaired) electrons. The van der Waals surface area contributed by atoms with Crippen molar-refractivity contribution in [2.24, 2.45) is 0 Å². The molecule has 7 nitrogen and oxygen atoms in total. The molecule has 0 spiro atoms. The Morgan fingerprint density at radius 3 is 2.75 bits per heavy atom. The van der Waals surface area contributed by atoms with E-state index in [0.29, 0.717) is 38.5 Å². The third-order valence-electron chi connectivity index (χ3n) is 4.57. The fraction of sp³-hybridized carbons (Fsp3) is 0.0526. The Morgan fingerprint density at radius 1 is 1.18 bits per heavy atom. The lowest BCUT2D eigenvalue weighted by Gasteiger charge is -2.09. The zero-order chi connectivity index (χ0) is 19.4. The van der Waals surface area contributed by atoms with E-state index < -0.39 is 0 Å². The van der Waals surface area contributed by atoms with E-state index in [4.69, 9.17) is 16.1 Å². The highest BCUT2D eigenvalue weighted by molar-refractivity contribution is 6.34. The molecule has 2 aromatic carbocycles. The third-order valence-corrected chi connectivity index (χ3v) is 4.88. The van der Waals surface area contributed by atoms with Gasteiger partial charge in [-0.05, 0) is 36.4 Å². The van der Waals surface area contributed by atoms with Crippen LogP contribution in [0.3, 0.4) is 0 Å². The Balaban J connectivity index is 1.73. The first kappa shape index (κ1) is 16.6. The van der Waals surface area contributed by atoms with E-state index in [1.165, 1.54) is 12.1 Å². The summed E-state index contributed by atoms with van der Waals surface area (Å²) in [5, 5.41) is 17.1. The highest BCUT2D eigenvalue weighted by Crippen LogP contribution is 2.29. The van der Waals surface area contributed by atoms with Gasteiger partial charge < -0.3 is 9.73 Å². The molecule has 0 fully saturated rings. The van der Waals surface area contributed by atoms with Gasteiger partial charge in [0.15, 0.2) is 0 Å². The van der Waals surface area contributed by atoms with Crippen molar-refractivity contribution in [3.63, 3.8) is 0 Å². The summed E-state index contributed by atoms with van der Waals surface area (Å²) >= 11 is 6.22. The van der Waals surface area contributed by atoms with Crippen molar-refractivity contribution in [2.75, 3.05) is 0 Å². The summed E-state index contributed by atoms with van der Waals surface area (Å²) < 4.78 is 21.0. The Labute approximate surface area is 162 Å². The molecule has 28 heavy (non-hydrogen) atoms. The van der Waals surface area contributed by atoms with Gasteiger partial charge in [-0.2, -0.15) is 9.71 Å². The molecule has 0 saturated carbocycles. The lowest BCUT2D eigenvalue weighted by molar-refractivity contribution is -0.583. The molecule has 5 rings (SSSR count). The maximum absolute atomic E-state index is 13.1. The minimum Gasteiger partial charge on any atom is -0.618 e. The molecule has 0 amide bonds. The SMILES string of the molecule is Cc1c2c(-c3noc(-c4ccc(F)cc4)n3)ncn2c2cccc(Cl)c2[n+]1[O-]. The van der Waals surface area contributed by atoms with E-state index in [2.05, 4.69) is 15.1 Å². The van der Waals surface area contributed by atoms with Crippen molar-refractivity contribution in [3.05, 3.63) is 70.5 Å². The number of aryl methyl sites for hydroxylation is 1. The Bertz CT molecular complexity index is 1360. The number of hydrogen-bond donors (Lipinski definition) is 0. The predicted molar refractivity (Wildman–Crippen MR) is 100 cm³/mol. The van der Waals surface area contributed by atoms with Gasteiger partial charge in [-0.3, -0.25) is 4.40 Å². The molecule has 3 heterocycles. The van der Waals surface area contributed by atoms with Crippen LogP contribution in [0.15, 0.2) is 53.3 Å². The topological polar surface area (TPSA) is 83.2 Å². The van der Waals surface area contributed by atoms with E-state index in [9.17, 15) is 9.60 Å². The Kier molecular flexibility index (Phi) is 3.56. The van der Waals surface area contributed by atoms with Crippen molar-refractivity contribution < 1.29 is 13.6 Å². The Morgan fingerprint density at radius 2 is 1.96 bits per heavy atom. The minimum atomic E-state index is -0.357. The maximum Gasteiger partial charge on any atom is 0.259 e. The van der Waals surface area contributed by atoms with Crippen molar-refractivity contribution in [1.29, 1.82) is 0 Å². The first-order valence-corrected chi connectivity index (χ1v) is 8.70. The fourth-order valence-corrected chi connectivity index (χ4v) is 3.48. The van der Waals surface area contributed by atoms with Crippen LogP contribution in [0.5, 0.6) is 0 Å². The minimum absolute atomic E-state index is 0.228. The molecular weight excluding hydrogens is 385 g/mol. The zero-order valence-corrected chi connectivity index (χ0v) is 15.2. The number of hydrogen-bond acceptors (Lipinski definition) is 5.